The highest BCUT2D eigenvalue weighted by Gasteiger charge is 2.27. The first-order chi connectivity index (χ1) is 13.7. The fourth-order valence-corrected chi connectivity index (χ4v) is 5.51. The van der Waals surface area contributed by atoms with Crippen molar-refractivity contribution in [2.45, 2.75) is 32.0 Å². The van der Waals surface area contributed by atoms with E-state index < -0.39 is 0 Å². The molecule has 2 aliphatic heterocycles. The monoisotopic (exact) mass is 414 g/mol. The summed E-state index contributed by atoms with van der Waals surface area (Å²) in [5, 5.41) is 9.07. The Morgan fingerprint density at radius 3 is 2.39 bits per heavy atom. The van der Waals surface area contributed by atoms with E-state index in [0.717, 1.165) is 55.2 Å². The number of likely N-dealkylation sites (tertiary alicyclic amines) is 1. The summed E-state index contributed by atoms with van der Waals surface area (Å²) in [6.45, 7) is 8.94. The zero-order valence-corrected chi connectivity index (χ0v) is 17.8. The van der Waals surface area contributed by atoms with Gasteiger partial charge in [-0.25, -0.2) is 0 Å². The number of piperazine rings is 1. The molecule has 0 aliphatic carbocycles. The largest absolute Gasteiger partial charge is 0.299 e. The second-order valence-electron chi connectivity index (χ2n) is 7.84. The van der Waals surface area contributed by atoms with Gasteiger partial charge in [-0.3, -0.25) is 14.7 Å². The Labute approximate surface area is 176 Å². The number of thiophene rings is 1. The predicted molar refractivity (Wildman–Crippen MR) is 116 cm³/mol. The van der Waals surface area contributed by atoms with Gasteiger partial charge in [0.1, 0.15) is 0 Å². The van der Waals surface area contributed by atoms with Crippen LogP contribution in [0.15, 0.2) is 36.4 Å². The molecule has 3 heterocycles. The third-order valence-electron chi connectivity index (χ3n) is 5.95. The smallest absolute Gasteiger partial charge is 0.0991 e. The molecule has 0 radical (unpaired) electrons. The predicted octanol–water partition coefficient (Wildman–Crippen LogP) is 4.06. The van der Waals surface area contributed by atoms with Crippen molar-refractivity contribution < 1.29 is 0 Å². The minimum Gasteiger partial charge on any atom is -0.299 e. The molecule has 4 rings (SSSR count). The van der Waals surface area contributed by atoms with Gasteiger partial charge in [-0.1, -0.05) is 23.7 Å². The molecule has 2 saturated heterocycles. The number of halogens is 1. The summed E-state index contributed by atoms with van der Waals surface area (Å²) in [5.41, 5.74) is 2.01. The Bertz CT molecular complexity index is 814. The maximum absolute atomic E-state index is 9.07. The molecule has 2 aliphatic rings. The van der Waals surface area contributed by atoms with Gasteiger partial charge >= 0.3 is 0 Å². The second-order valence-corrected chi connectivity index (χ2v) is 9.64. The van der Waals surface area contributed by atoms with Crippen LogP contribution in [0, 0.1) is 11.3 Å². The zero-order chi connectivity index (χ0) is 19.3. The fourth-order valence-electron chi connectivity index (χ4n) is 4.38. The van der Waals surface area contributed by atoms with E-state index in [1.807, 2.05) is 24.3 Å². The minimum atomic E-state index is 0.722. The number of nitrogens with zero attached hydrogens (tertiary/aromatic N) is 4. The van der Waals surface area contributed by atoms with Crippen molar-refractivity contribution in [2.75, 3.05) is 39.3 Å². The van der Waals surface area contributed by atoms with Crippen LogP contribution in [0.25, 0.3) is 0 Å². The van der Waals surface area contributed by atoms with Crippen molar-refractivity contribution in [3.8, 4) is 6.07 Å². The van der Waals surface area contributed by atoms with Crippen LogP contribution in [-0.2, 0) is 13.1 Å². The van der Waals surface area contributed by atoms with Gasteiger partial charge in [0.05, 0.1) is 16.0 Å². The van der Waals surface area contributed by atoms with Gasteiger partial charge in [-0.15, -0.1) is 11.3 Å². The van der Waals surface area contributed by atoms with Crippen molar-refractivity contribution in [1.82, 2.24) is 14.7 Å². The van der Waals surface area contributed by atoms with Gasteiger partial charge in [0.2, 0.25) is 0 Å². The van der Waals surface area contributed by atoms with Gasteiger partial charge in [-0.05, 0) is 55.8 Å². The molecule has 1 aromatic heterocycles. The first-order valence-electron chi connectivity index (χ1n) is 10.1. The number of hydrogen-bond acceptors (Lipinski definition) is 5. The van der Waals surface area contributed by atoms with E-state index in [9.17, 15) is 0 Å². The van der Waals surface area contributed by atoms with Crippen LogP contribution < -0.4 is 0 Å². The quantitative estimate of drug-likeness (QED) is 0.738. The van der Waals surface area contributed by atoms with Gasteiger partial charge in [0.15, 0.2) is 0 Å². The molecule has 0 unspecified atom stereocenters. The van der Waals surface area contributed by atoms with Crippen LogP contribution in [0.2, 0.25) is 4.34 Å². The number of piperidine rings is 1. The first kappa shape index (κ1) is 19.9. The third kappa shape index (κ3) is 5.14. The van der Waals surface area contributed by atoms with Crippen LogP contribution in [-0.4, -0.2) is 60.0 Å². The molecule has 0 saturated carbocycles. The lowest BCUT2D eigenvalue weighted by atomic mass is 10.0. The summed E-state index contributed by atoms with van der Waals surface area (Å²) < 4.78 is 0.889. The first-order valence-corrected chi connectivity index (χ1v) is 11.3. The molecule has 28 heavy (non-hydrogen) atoms. The van der Waals surface area contributed by atoms with E-state index in [1.54, 1.807) is 11.3 Å². The number of hydrogen-bond donors (Lipinski definition) is 0. The zero-order valence-electron chi connectivity index (χ0n) is 16.2. The van der Waals surface area contributed by atoms with E-state index in [0.29, 0.717) is 0 Å². The van der Waals surface area contributed by atoms with Gasteiger partial charge < -0.3 is 0 Å². The maximum atomic E-state index is 9.07. The summed E-state index contributed by atoms with van der Waals surface area (Å²) in [5.74, 6) is 0. The van der Waals surface area contributed by atoms with Crippen LogP contribution in [0.5, 0.6) is 0 Å². The minimum absolute atomic E-state index is 0.722. The number of rotatable bonds is 5. The molecule has 6 heteroatoms. The van der Waals surface area contributed by atoms with Crippen molar-refractivity contribution >= 4 is 22.9 Å². The molecule has 2 aromatic rings. The highest BCUT2D eigenvalue weighted by atomic mass is 35.5. The highest BCUT2D eigenvalue weighted by molar-refractivity contribution is 7.16. The summed E-state index contributed by atoms with van der Waals surface area (Å²) in [6, 6.07) is 15.1. The SMILES string of the molecule is N#Cc1cccc(CN2CCC(N3CCN(Cc4ccc(Cl)s4)CC3)CC2)c1. The van der Waals surface area contributed by atoms with Gasteiger partial charge in [-0.2, -0.15) is 5.26 Å². The molecule has 4 nitrogen and oxygen atoms in total. The molecule has 0 spiro atoms. The lowest BCUT2D eigenvalue weighted by molar-refractivity contribution is 0.0553. The van der Waals surface area contributed by atoms with Gasteiger partial charge in [0, 0.05) is 50.2 Å². The van der Waals surface area contributed by atoms with Crippen LogP contribution in [0.1, 0.15) is 28.8 Å². The molecular weight excluding hydrogens is 388 g/mol. The van der Waals surface area contributed by atoms with E-state index in [2.05, 4.69) is 32.9 Å². The molecular formula is C22H27ClN4S. The van der Waals surface area contributed by atoms with Crippen molar-refractivity contribution in [3.63, 3.8) is 0 Å². The Kier molecular flexibility index (Phi) is 6.66. The van der Waals surface area contributed by atoms with Crippen molar-refractivity contribution in [1.29, 1.82) is 5.26 Å². The molecule has 148 valence electrons. The summed E-state index contributed by atoms with van der Waals surface area (Å²) in [6.07, 6.45) is 2.50. The number of nitriles is 1. The van der Waals surface area contributed by atoms with Crippen molar-refractivity contribution in [3.05, 3.63) is 56.7 Å². The summed E-state index contributed by atoms with van der Waals surface area (Å²) in [7, 11) is 0. The molecule has 0 bridgehead atoms. The van der Waals surface area contributed by atoms with E-state index >= 15 is 0 Å². The van der Waals surface area contributed by atoms with Gasteiger partial charge in [0.25, 0.3) is 0 Å². The molecule has 0 amide bonds. The molecule has 0 N–H and O–H groups in total. The van der Waals surface area contributed by atoms with E-state index in [1.165, 1.54) is 36.4 Å². The average Bonchev–Trinajstić information content (AvgIpc) is 3.14. The molecule has 1 aromatic carbocycles. The highest BCUT2D eigenvalue weighted by Crippen LogP contribution is 2.24. The fraction of sp³-hybridized carbons (Fsp3) is 0.500. The second kappa shape index (κ2) is 9.39. The van der Waals surface area contributed by atoms with E-state index in [-0.39, 0.29) is 0 Å². The van der Waals surface area contributed by atoms with Crippen molar-refractivity contribution in [2.24, 2.45) is 0 Å². The Morgan fingerprint density at radius 2 is 1.71 bits per heavy atom. The summed E-state index contributed by atoms with van der Waals surface area (Å²) in [4.78, 5) is 9.15. The normalized spacial score (nSPS) is 20.3. The molecule has 2 fully saturated rings. The Morgan fingerprint density at radius 1 is 0.964 bits per heavy atom. The maximum Gasteiger partial charge on any atom is 0.0991 e. The standard InChI is InChI=1S/C22H27ClN4S/c23-22-5-4-21(28-22)17-26-10-12-27(13-11-26)20-6-8-25(9-7-20)16-19-3-1-2-18(14-19)15-24/h1-5,14,20H,6-13,16-17H2. The third-order valence-corrected chi connectivity index (χ3v) is 7.17. The average molecular weight is 415 g/mol. The van der Waals surface area contributed by atoms with Crippen LogP contribution in [0.4, 0.5) is 0 Å². The Balaban J connectivity index is 1.21. The lowest BCUT2D eigenvalue weighted by Gasteiger charge is -2.42. The lowest BCUT2D eigenvalue weighted by Crippen LogP contribution is -2.52. The Hall–Kier alpha value is -1.42. The summed E-state index contributed by atoms with van der Waals surface area (Å²) >= 11 is 7.75. The molecule has 0 atom stereocenters. The van der Waals surface area contributed by atoms with E-state index in [4.69, 9.17) is 16.9 Å². The number of benzene rings is 1. The van der Waals surface area contributed by atoms with Crippen LogP contribution >= 0.6 is 22.9 Å². The van der Waals surface area contributed by atoms with Crippen LogP contribution in [0.3, 0.4) is 0 Å². The topological polar surface area (TPSA) is 33.5 Å².